The Kier molecular flexibility index (Phi) is 7.70. The van der Waals surface area contributed by atoms with Gasteiger partial charge in [0, 0.05) is 37.2 Å². The van der Waals surface area contributed by atoms with E-state index in [4.69, 9.17) is 15.6 Å². The summed E-state index contributed by atoms with van der Waals surface area (Å²) in [5, 5.41) is 7.47. The number of para-hydroxylation sites is 1. The molecule has 0 spiro atoms. The number of nitrogens with two attached hydrogens (primary N) is 1. The number of aryl methyl sites for hydroxylation is 1. The second-order valence-corrected chi connectivity index (χ2v) is 11.1. The summed E-state index contributed by atoms with van der Waals surface area (Å²) in [6.07, 6.45) is 6.10. The van der Waals surface area contributed by atoms with Gasteiger partial charge < -0.3 is 15.8 Å². The van der Waals surface area contributed by atoms with Crippen molar-refractivity contribution in [2.24, 2.45) is 17.6 Å². The van der Waals surface area contributed by atoms with E-state index in [1.54, 1.807) is 6.07 Å². The molecule has 3 N–H and O–H groups in total. The number of aromatic nitrogens is 2. The van der Waals surface area contributed by atoms with Gasteiger partial charge in [0.1, 0.15) is 17.3 Å². The quantitative estimate of drug-likeness (QED) is 0.379. The van der Waals surface area contributed by atoms with Crippen LogP contribution in [0.25, 0.3) is 16.9 Å². The summed E-state index contributed by atoms with van der Waals surface area (Å²) in [7, 11) is 0. The number of anilines is 1. The molecule has 7 nitrogen and oxygen atoms in total. The van der Waals surface area contributed by atoms with Crippen molar-refractivity contribution in [1.29, 1.82) is 0 Å². The Hall–Kier alpha value is -3.39. The van der Waals surface area contributed by atoms with Gasteiger partial charge in [-0.2, -0.15) is 5.10 Å². The number of hydrogen-bond acceptors (Lipinski definition) is 4. The van der Waals surface area contributed by atoms with E-state index < -0.39 is 11.8 Å². The van der Waals surface area contributed by atoms with Crippen LogP contribution in [0.1, 0.15) is 56.4 Å². The fourth-order valence-electron chi connectivity index (χ4n) is 5.77. The highest BCUT2D eigenvalue weighted by molar-refractivity contribution is 5.88. The van der Waals surface area contributed by atoms with E-state index in [0.29, 0.717) is 18.1 Å². The van der Waals surface area contributed by atoms with Crippen LogP contribution in [0.2, 0.25) is 0 Å². The monoisotopic (exact) mass is 519 g/mol. The lowest BCUT2D eigenvalue weighted by molar-refractivity contribution is 0.214. The number of amides is 2. The van der Waals surface area contributed by atoms with Crippen molar-refractivity contribution < 1.29 is 13.9 Å². The van der Waals surface area contributed by atoms with Gasteiger partial charge in [-0.3, -0.25) is 4.90 Å². The van der Waals surface area contributed by atoms with Gasteiger partial charge in [-0.25, -0.2) is 13.9 Å². The number of primary amides is 1. The minimum atomic E-state index is -0.798. The van der Waals surface area contributed by atoms with Gasteiger partial charge in [-0.1, -0.05) is 44.9 Å². The summed E-state index contributed by atoms with van der Waals surface area (Å²) in [5.74, 6) is 1.34. The molecule has 8 heteroatoms. The SMILES string of the molecule is Cc1cccc(OCC(C)C)c1-n1nc2c(c1-c1ccc(NC(N)=O)c(F)c1)CN(CC1CCCC1)CC2. The van der Waals surface area contributed by atoms with Crippen LogP contribution in [0.15, 0.2) is 36.4 Å². The van der Waals surface area contributed by atoms with Crippen molar-refractivity contribution in [2.45, 2.75) is 59.4 Å². The molecule has 2 aliphatic rings. The molecule has 1 fully saturated rings. The minimum Gasteiger partial charge on any atom is -0.491 e. The molecule has 0 bridgehead atoms. The number of rotatable bonds is 8. The fourth-order valence-corrected chi connectivity index (χ4v) is 5.77. The number of fused-ring (bicyclic) bond motifs is 1. The molecule has 202 valence electrons. The summed E-state index contributed by atoms with van der Waals surface area (Å²) >= 11 is 0. The molecule has 0 atom stereocenters. The summed E-state index contributed by atoms with van der Waals surface area (Å²) in [6, 6.07) is 10.1. The zero-order chi connectivity index (χ0) is 26.8. The van der Waals surface area contributed by atoms with E-state index >= 15 is 4.39 Å². The molecule has 5 rings (SSSR count). The summed E-state index contributed by atoms with van der Waals surface area (Å²) in [6.45, 7) is 9.72. The number of urea groups is 1. The maximum absolute atomic E-state index is 15.1. The minimum absolute atomic E-state index is 0.0564. The lowest BCUT2D eigenvalue weighted by atomic mass is 9.98. The van der Waals surface area contributed by atoms with Gasteiger partial charge in [0.15, 0.2) is 0 Å². The molecule has 2 heterocycles. The lowest BCUT2D eigenvalue weighted by Gasteiger charge is -2.29. The Morgan fingerprint density at radius 1 is 1.24 bits per heavy atom. The van der Waals surface area contributed by atoms with E-state index in [9.17, 15) is 4.79 Å². The Morgan fingerprint density at radius 2 is 2.03 bits per heavy atom. The van der Waals surface area contributed by atoms with Crippen molar-refractivity contribution in [3.8, 4) is 22.7 Å². The van der Waals surface area contributed by atoms with Gasteiger partial charge in [-0.05, 0) is 55.4 Å². The van der Waals surface area contributed by atoms with Crippen LogP contribution in [0.5, 0.6) is 5.75 Å². The van der Waals surface area contributed by atoms with E-state index in [1.165, 1.54) is 31.7 Å². The van der Waals surface area contributed by atoms with Gasteiger partial charge in [-0.15, -0.1) is 0 Å². The van der Waals surface area contributed by atoms with Crippen molar-refractivity contribution in [3.63, 3.8) is 0 Å². The van der Waals surface area contributed by atoms with Crippen LogP contribution in [-0.2, 0) is 13.0 Å². The number of carbonyl (C=O) groups excluding carboxylic acids is 1. The first-order valence-corrected chi connectivity index (χ1v) is 13.7. The smallest absolute Gasteiger partial charge is 0.316 e. The fraction of sp³-hybridized carbons (Fsp3) is 0.467. The van der Waals surface area contributed by atoms with Crippen molar-refractivity contribution in [3.05, 3.63) is 59.0 Å². The molecule has 0 unspecified atom stereocenters. The highest BCUT2D eigenvalue weighted by Gasteiger charge is 2.30. The number of nitrogens with one attached hydrogen (secondary N) is 1. The molecule has 0 saturated heterocycles. The second kappa shape index (κ2) is 11.2. The van der Waals surface area contributed by atoms with Crippen LogP contribution >= 0.6 is 0 Å². The predicted molar refractivity (Wildman–Crippen MR) is 148 cm³/mol. The maximum Gasteiger partial charge on any atom is 0.316 e. The zero-order valence-electron chi connectivity index (χ0n) is 22.6. The lowest BCUT2D eigenvalue weighted by Crippen LogP contribution is -2.34. The highest BCUT2D eigenvalue weighted by atomic mass is 19.1. The number of halogens is 1. The third-order valence-corrected chi connectivity index (χ3v) is 7.59. The third-order valence-electron chi connectivity index (χ3n) is 7.59. The number of ether oxygens (including phenoxy) is 1. The molecule has 1 saturated carbocycles. The molecule has 3 aromatic rings. The largest absolute Gasteiger partial charge is 0.491 e. The Labute approximate surface area is 224 Å². The zero-order valence-corrected chi connectivity index (χ0v) is 22.6. The first-order chi connectivity index (χ1) is 18.3. The van der Waals surface area contributed by atoms with Crippen LogP contribution < -0.4 is 15.8 Å². The standard InChI is InChI=1S/C30H38FN5O2/c1-19(2)18-38-27-10-6-7-20(3)28(27)36-29(22-11-12-26(24(31)15-22)33-30(32)37)23-17-35(14-13-25(23)34-36)16-21-8-4-5-9-21/h6-7,10-12,15,19,21H,4-5,8-9,13-14,16-18H2,1-3H3,(H3,32,33,37). The van der Waals surface area contributed by atoms with E-state index in [0.717, 1.165) is 65.9 Å². The maximum atomic E-state index is 15.1. The van der Waals surface area contributed by atoms with Crippen molar-refractivity contribution in [2.75, 3.05) is 25.0 Å². The average Bonchev–Trinajstić information content (AvgIpc) is 3.51. The topological polar surface area (TPSA) is 85.4 Å². The molecule has 2 amide bonds. The van der Waals surface area contributed by atoms with E-state index in [-0.39, 0.29) is 5.69 Å². The molecule has 38 heavy (non-hydrogen) atoms. The summed E-state index contributed by atoms with van der Waals surface area (Å²) in [4.78, 5) is 13.9. The number of hydrogen-bond donors (Lipinski definition) is 2. The number of benzene rings is 2. The van der Waals surface area contributed by atoms with E-state index in [2.05, 4.69) is 37.1 Å². The van der Waals surface area contributed by atoms with Crippen LogP contribution in [0, 0.1) is 24.6 Å². The molecule has 1 aromatic heterocycles. The Balaban J connectivity index is 1.61. The molecule has 2 aromatic carbocycles. The number of nitrogens with zero attached hydrogens (tertiary/aromatic N) is 3. The molecule has 1 aliphatic carbocycles. The van der Waals surface area contributed by atoms with Gasteiger partial charge in [0.2, 0.25) is 0 Å². The van der Waals surface area contributed by atoms with Gasteiger partial charge in [0.25, 0.3) is 0 Å². The number of carbonyl (C=O) groups is 1. The third kappa shape index (κ3) is 5.55. The molecule has 0 radical (unpaired) electrons. The van der Waals surface area contributed by atoms with Crippen molar-refractivity contribution >= 4 is 11.7 Å². The summed E-state index contributed by atoms with van der Waals surface area (Å²) < 4.78 is 23.3. The van der Waals surface area contributed by atoms with E-state index in [1.807, 2.05) is 22.9 Å². The molecule has 1 aliphatic heterocycles. The first-order valence-electron chi connectivity index (χ1n) is 13.7. The molecular weight excluding hydrogens is 481 g/mol. The molecular formula is C30H38FN5O2. The van der Waals surface area contributed by atoms with Crippen LogP contribution in [0.4, 0.5) is 14.9 Å². The Morgan fingerprint density at radius 3 is 2.74 bits per heavy atom. The van der Waals surface area contributed by atoms with Crippen LogP contribution in [0.3, 0.4) is 0 Å². The highest BCUT2D eigenvalue weighted by Crippen LogP contribution is 2.38. The average molecular weight is 520 g/mol. The van der Waals surface area contributed by atoms with Gasteiger partial charge >= 0.3 is 6.03 Å². The van der Waals surface area contributed by atoms with Gasteiger partial charge in [0.05, 0.1) is 23.7 Å². The first kappa shape index (κ1) is 26.2. The Bertz CT molecular complexity index is 1310. The normalized spacial score (nSPS) is 16.1. The van der Waals surface area contributed by atoms with Crippen molar-refractivity contribution in [1.82, 2.24) is 14.7 Å². The predicted octanol–water partition coefficient (Wildman–Crippen LogP) is 6.06. The second-order valence-electron chi connectivity index (χ2n) is 11.1. The van der Waals surface area contributed by atoms with Crippen LogP contribution in [-0.4, -0.2) is 40.4 Å². The summed E-state index contributed by atoms with van der Waals surface area (Å²) in [5.41, 5.74) is 10.9.